The van der Waals surface area contributed by atoms with E-state index in [1.807, 2.05) is 6.26 Å². The van der Waals surface area contributed by atoms with E-state index in [4.69, 9.17) is 9.47 Å². The van der Waals surface area contributed by atoms with Crippen molar-refractivity contribution in [2.45, 2.75) is 44.3 Å². The summed E-state index contributed by atoms with van der Waals surface area (Å²) in [5.41, 5.74) is 0. The molecule has 15 heavy (non-hydrogen) atoms. The molecule has 3 heteroatoms. The van der Waals surface area contributed by atoms with E-state index in [9.17, 15) is 0 Å². The summed E-state index contributed by atoms with van der Waals surface area (Å²) in [5.74, 6) is 0. The second-order valence-electron chi connectivity index (χ2n) is 4.35. The number of hydrogen-bond donors (Lipinski definition) is 1. The molecule has 0 spiro atoms. The van der Waals surface area contributed by atoms with E-state index in [1.54, 1.807) is 0 Å². The molecule has 0 aromatic heterocycles. The van der Waals surface area contributed by atoms with Crippen molar-refractivity contribution in [1.29, 1.82) is 0 Å². The van der Waals surface area contributed by atoms with Crippen LogP contribution in [0.5, 0.6) is 0 Å². The summed E-state index contributed by atoms with van der Waals surface area (Å²) < 4.78 is 11.1. The highest BCUT2D eigenvalue weighted by atomic mass is 16.5. The van der Waals surface area contributed by atoms with Crippen LogP contribution < -0.4 is 5.32 Å². The molecular formula is C12H21NO2. The molecule has 1 saturated heterocycles. The largest absolute Gasteiger partial charge is 0.497 e. The maximum absolute atomic E-state index is 5.65. The lowest BCUT2D eigenvalue weighted by Crippen LogP contribution is -2.36. The fourth-order valence-corrected chi connectivity index (χ4v) is 2.11. The van der Waals surface area contributed by atoms with Crippen molar-refractivity contribution >= 4 is 0 Å². The molecule has 2 aliphatic heterocycles. The second-order valence-corrected chi connectivity index (χ2v) is 4.35. The first-order valence-electron chi connectivity index (χ1n) is 6.08. The van der Waals surface area contributed by atoms with Gasteiger partial charge in [0.15, 0.2) is 0 Å². The van der Waals surface area contributed by atoms with Crippen LogP contribution in [0.2, 0.25) is 0 Å². The summed E-state index contributed by atoms with van der Waals surface area (Å²) >= 11 is 0. The fourth-order valence-electron chi connectivity index (χ4n) is 2.11. The molecule has 1 N–H and O–H groups in total. The molecular weight excluding hydrogens is 190 g/mol. The third kappa shape index (κ3) is 3.84. The SMILES string of the molecule is C1=COC(CNCC2CCCCO2)CC1. The highest BCUT2D eigenvalue weighted by molar-refractivity contribution is 4.83. The van der Waals surface area contributed by atoms with Gasteiger partial charge in [-0.25, -0.2) is 0 Å². The van der Waals surface area contributed by atoms with Gasteiger partial charge in [0.25, 0.3) is 0 Å². The standard InChI is InChI=1S/C12H21NO2/c1-3-7-14-11(5-1)9-13-10-12-6-2-4-8-15-12/h3,7,11-13H,1-2,4-6,8-10H2. The molecule has 0 amide bonds. The van der Waals surface area contributed by atoms with Crippen molar-refractivity contribution in [3.63, 3.8) is 0 Å². The van der Waals surface area contributed by atoms with Crippen LogP contribution in [0.25, 0.3) is 0 Å². The quantitative estimate of drug-likeness (QED) is 0.769. The number of nitrogens with one attached hydrogen (secondary N) is 1. The third-order valence-corrected chi connectivity index (χ3v) is 3.04. The first kappa shape index (κ1) is 11.0. The van der Waals surface area contributed by atoms with Crippen LogP contribution in [0, 0.1) is 0 Å². The van der Waals surface area contributed by atoms with Crippen LogP contribution in [0.4, 0.5) is 0 Å². The maximum Gasteiger partial charge on any atom is 0.110 e. The number of rotatable bonds is 4. The van der Waals surface area contributed by atoms with Crippen LogP contribution in [0.15, 0.2) is 12.3 Å². The average molecular weight is 211 g/mol. The first-order chi connectivity index (χ1) is 7.45. The van der Waals surface area contributed by atoms with Crippen LogP contribution >= 0.6 is 0 Å². The van der Waals surface area contributed by atoms with E-state index in [-0.39, 0.29) is 0 Å². The summed E-state index contributed by atoms with van der Waals surface area (Å²) in [5, 5.41) is 3.44. The molecule has 0 aliphatic carbocycles. The molecule has 2 heterocycles. The summed E-state index contributed by atoms with van der Waals surface area (Å²) in [6, 6.07) is 0. The smallest absolute Gasteiger partial charge is 0.110 e. The highest BCUT2D eigenvalue weighted by Crippen LogP contribution is 2.12. The van der Waals surface area contributed by atoms with Gasteiger partial charge in [-0.2, -0.15) is 0 Å². The summed E-state index contributed by atoms with van der Waals surface area (Å²) in [4.78, 5) is 0. The molecule has 0 aromatic rings. The van der Waals surface area contributed by atoms with E-state index >= 15 is 0 Å². The van der Waals surface area contributed by atoms with Gasteiger partial charge in [0.1, 0.15) is 6.10 Å². The second kappa shape index (κ2) is 6.13. The Morgan fingerprint density at radius 1 is 1.13 bits per heavy atom. The van der Waals surface area contributed by atoms with Gasteiger partial charge in [-0.05, 0) is 38.2 Å². The van der Waals surface area contributed by atoms with Gasteiger partial charge in [0.05, 0.1) is 12.4 Å². The third-order valence-electron chi connectivity index (χ3n) is 3.04. The lowest BCUT2D eigenvalue weighted by atomic mass is 10.1. The van der Waals surface area contributed by atoms with Gasteiger partial charge in [0.2, 0.25) is 0 Å². The van der Waals surface area contributed by atoms with Crippen LogP contribution in [-0.4, -0.2) is 31.9 Å². The fraction of sp³-hybridized carbons (Fsp3) is 0.833. The van der Waals surface area contributed by atoms with Crippen molar-refractivity contribution in [3.8, 4) is 0 Å². The topological polar surface area (TPSA) is 30.5 Å². The maximum atomic E-state index is 5.65. The Bertz CT molecular complexity index is 200. The van der Waals surface area contributed by atoms with Gasteiger partial charge < -0.3 is 14.8 Å². The number of ether oxygens (including phenoxy) is 2. The minimum atomic E-state index is 0.360. The van der Waals surface area contributed by atoms with Gasteiger partial charge in [-0.3, -0.25) is 0 Å². The lowest BCUT2D eigenvalue weighted by molar-refractivity contribution is 0.0145. The Balaban J connectivity index is 1.55. The zero-order valence-electron chi connectivity index (χ0n) is 9.28. The van der Waals surface area contributed by atoms with E-state index in [2.05, 4.69) is 11.4 Å². The molecule has 3 nitrogen and oxygen atoms in total. The molecule has 2 atom stereocenters. The van der Waals surface area contributed by atoms with Gasteiger partial charge in [-0.1, -0.05) is 0 Å². The molecule has 2 unspecified atom stereocenters. The average Bonchev–Trinajstić information content (AvgIpc) is 2.32. The van der Waals surface area contributed by atoms with E-state index in [0.717, 1.165) is 32.5 Å². The number of hydrogen-bond acceptors (Lipinski definition) is 3. The van der Waals surface area contributed by atoms with Crippen LogP contribution in [-0.2, 0) is 9.47 Å². The minimum absolute atomic E-state index is 0.360. The lowest BCUT2D eigenvalue weighted by Gasteiger charge is -2.25. The monoisotopic (exact) mass is 211 g/mol. The summed E-state index contributed by atoms with van der Waals surface area (Å²) in [7, 11) is 0. The molecule has 0 aromatic carbocycles. The molecule has 86 valence electrons. The molecule has 0 saturated carbocycles. The normalized spacial score (nSPS) is 31.2. The Morgan fingerprint density at radius 3 is 2.80 bits per heavy atom. The summed E-state index contributed by atoms with van der Waals surface area (Å²) in [6.07, 6.45) is 10.7. The van der Waals surface area contributed by atoms with Crippen molar-refractivity contribution in [3.05, 3.63) is 12.3 Å². The first-order valence-corrected chi connectivity index (χ1v) is 6.08. The zero-order chi connectivity index (χ0) is 10.3. The van der Waals surface area contributed by atoms with E-state index in [0.29, 0.717) is 12.2 Å². The Kier molecular flexibility index (Phi) is 4.48. The Morgan fingerprint density at radius 2 is 2.07 bits per heavy atom. The molecule has 1 fully saturated rings. The highest BCUT2D eigenvalue weighted by Gasteiger charge is 2.15. The van der Waals surface area contributed by atoms with Gasteiger partial charge >= 0.3 is 0 Å². The predicted molar refractivity (Wildman–Crippen MR) is 59.7 cm³/mol. The summed E-state index contributed by atoms with van der Waals surface area (Å²) in [6.45, 7) is 2.86. The van der Waals surface area contributed by atoms with Crippen molar-refractivity contribution in [1.82, 2.24) is 5.32 Å². The van der Waals surface area contributed by atoms with Crippen molar-refractivity contribution in [2.24, 2.45) is 0 Å². The van der Waals surface area contributed by atoms with Crippen LogP contribution in [0.1, 0.15) is 32.1 Å². The molecule has 0 radical (unpaired) electrons. The predicted octanol–water partition coefficient (Wildman–Crippen LogP) is 1.84. The zero-order valence-corrected chi connectivity index (χ0v) is 9.28. The Hall–Kier alpha value is -0.540. The van der Waals surface area contributed by atoms with E-state index in [1.165, 1.54) is 19.3 Å². The molecule has 2 aliphatic rings. The van der Waals surface area contributed by atoms with Gasteiger partial charge in [0, 0.05) is 19.7 Å². The van der Waals surface area contributed by atoms with Crippen LogP contribution in [0.3, 0.4) is 0 Å². The molecule has 0 bridgehead atoms. The van der Waals surface area contributed by atoms with Crippen molar-refractivity contribution < 1.29 is 9.47 Å². The molecule has 2 rings (SSSR count). The van der Waals surface area contributed by atoms with Crippen molar-refractivity contribution in [2.75, 3.05) is 19.7 Å². The minimum Gasteiger partial charge on any atom is -0.497 e. The number of allylic oxidation sites excluding steroid dienone is 1. The Labute approximate surface area is 91.8 Å². The van der Waals surface area contributed by atoms with E-state index < -0.39 is 0 Å². The van der Waals surface area contributed by atoms with Gasteiger partial charge in [-0.15, -0.1) is 0 Å².